The van der Waals surface area contributed by atoms with Gasteiger partial charge < -0.3 is 14.2 Å². The van der Waals surface area contributed by atoms with Gasteiger partial charge in [0, 0.05) is 12.5 Å². The summed E-state index contributed by atoms with van der Waals surface area (Å²) in [7, 11) is 0. The summed E-state index contributed by atoms with van der Waals surface area (Å²) in [5.74, 6) is 3.09. The summed E-state index contributed by atoms with van der Waals surface area (Å²) in [4.78, 5) is 0. The van der Waals surface area contributed by atoms with Gasteiger partial charge in [-0.25, -0.2) is 0 Å². The van der Waals surface area contributed by atoms with E-state index in [4.69, 9.17) is 14.2 Å². The van der Waals surface area contributed by atoms with Gasteiger partial charge in [0.1, 0.15) is 11.5 Å². The van der Waals surface area contributed by atoms with E-state index >= 15 is 0 Å². The fourth-order valence-corrected chi connectivity index (χ4v) is 2.11. The first-order valence-corrected chi connectivity index (χ1v) is 6.81. The molecule has 0 aromatic heterocycles. The van der Waals surface area contributed by atoms with Crippen molar-refractivity contribution in [1.82, 2.24) is 0 Å². The average molecular weight is 248 g/mol. The molecule has 98 valence electrons. The molecule has 1 aliphatic carbocycles. The molecule has 1 aliphatic heterocycles. The summed E-state index contributed by atoms with van der Waals surface area (Å²) in [6.07, 6.45) is 3.49. The monoisotopic (exact) mass is 248 g/mol. The lowest BCUT2D eigenvalue weighted by Gasteiger charge is -2.13. The molecule has 1 aromatic rings. The lowest BCUT2D eigenvalue weighted by molar-refractivity contribution is -0.0394. The van der Waals surface area contributed by atoms with Crippen LogP contribution in [-0.2, 0) is 4.74 Å². The second kappa shape index (κ2) is 5.19. The van der Waals surface area contributed by atoms with Crippen molar-refractivity contribution in [2.75, 3.05) is 13.2 Å². The van der Waals surface area contributed by atoms with E-state index in [0.29, 0.717) is 5.92 Å². The topological polar surface area (TPSA) is 27.7 Å². The molecular formula is C15H20O3. The molecule has 3 heteroatoms. The predicted octanol–water partition coefficient (Wildman–Crippen LogP) is 3.24. The van der Waals surface area contributed by atoms with Crippen LogP contribution >= 0.6 is 0 Å². The van der Waals surface area contributed by atoms with Gasteiger partial charge in [0.15, 0.2) is 6.29 Å². The average Bonchev–Trinajstić information content (AvgIpc) is 3.11. The van der Waals surface area contributed by atoms with Crippen LogP contribution in [0.5, 0.6) is 11.5 Å². The minimum absolute atomic E-state index is 0.0984. The molecule has 1 saturated carbocycles. The number of rotatable bonds is 5. The van der Waals surface area contributed by atoms with Crippen molar-refractivity contribution in [2.45, 2.75) is 32.5 Å². The maximum atomic E-state index is 5.81. The fraction of sp³-hybridized carbons (Fsp3) is 0.600. The van der Waals surface area contributed by atoms with Crippen LogP contribution in [0.15, 0.2) is 24.3 Å². The Balaban J connectivity index is 1.55. The van der Waals surface area contributed by atoms with Crippen LogP contribution in [0, 0.1) is 11.8 Å². The van der Waals surface area contributed by atoms with Gasteiger partial charge in [0.05, 0.1) is 13.2 Å². The van der Waals surface area contributed by atoms with E-state index in [1.54, 1.807) is 0 Å². The van der Waals surface area contributed by atoms with Gasteiger partial charge in [-0.1, -0.05) is 13.0 Å². The maximum absolute atomic E-state index is 5.81. The highest BCUT2D eigenvalue weighted by Crippen LogP contribution is 2.30. The first-order valence-electron chi connectivity index (χ1n) is 6.81. The lowest BCUT2D eigenvalue weighted by Crippen LogP contribution is -2.14. The van der Waals surface area contributed by atoms with E-state index in [1.807, 2.05) is 24.3 Å². The quantitative estimate of drug-likeness (QED) is 0.800. The molecule has 18 heavy (non-hydrogen) atoms. The van der Waals surface area contributed by atoms with E-state index in [2.05, 4.69) is 6.92 Å². The van der Waals surface area contributed by atoms with Crippen molar-refractivity contribution < 1.29 is 14.2 Å². The van der Waals surface area contributed by atoms with E-state index < -0.39 is 0 Å². The largest absolute Gasteiger partial charge is 0.493 e. The van der Waals surface area contributed by atoms with Gasteiger partial charge in [-0.3, -0.25) is 0 Å². The molecule has 0 bridgehead atoms. The lowest BCUT2D eigenvalue weighted by atomic mass is 10.1. The first-order chi connectivity index (χ1) is 8.79. The molecular weight excluding hydrogens is 228 g/mol. The van der Waals surface area contributed by atoms with Crippen LogP contribution in [-0.4, -0.2) is 19.5 Å². The standard InChI is InChI=1S/C15H20O3/c1-11-7-15(17-9-11)18-14-4-2-3-13(8-14)16-10-12-5-6-12/h2-4,8,11-12,15H,5-7,9-10H2,1H3/t11-,15?/m1/s1. The van der Waals surface area contributed by atoms with Crippen LogP contribution in [0.1, 0.15) is 26.2 Å². The molecule has 2 aliphatic rings. The maximum Gasteiger partial charge on any atom is 0.200 e. The van der Waals surface area contributed by atoms with E-state index in [0.717, 1.165) is 37.1 Å². The number of benzene rings is 1. The van der Waals surface area contributed by atoms with Gasteiger partial charge >= 0.3 is 0 Å². The van der Waals surface area contributed by atoms with Gasteiger partial charge in [-0.2, -0.15) is 0 Å². The second-order valence-corrected chi connectivity index (χ2v) is 5.45. The van der Waals surface area contributed by atoms with Gasteiger partial charge in [0.25, 0.3) is 0 Å². The molecule has 0 radical (unpaired) electrons. The summed E-state index contributed by atoms with van der Waals surface area (Å²) in [5, 5.41) is 0. The smallest absolute Gasteiger partial charge is 0.200 e. The first kappa shape index (κ1) is 11.8. The summed E-state index contributed by atoms with van der Waals surface area (Å²) in [5.41, 5.74) is 0. The zero-order valence-electron chi connectivity index (χ0n) is 10.8. The third-order valence-electron chi connectivity index (χ3n) is 3.42. The number of ether oxygens (including phenoxy) is 3. The van der Waals surface area contributed by atoms with Crippen molar-refractivity contribution in [1.29, 1.82) is 0 Å². The van der Waals surface area contributed by atoms with Crippen LogP contribution in [0.4, 0.5) is 0 Å². The fourth-order valence-electron chi connectivity index (χ4n) is 2.11. The molecule has 3 nitrogen and oxygen atoms in total. The minimum Gasteiger partial charge on any atom is -0.493 e. The number of hydrogen-bond acceptors (Lipinski definition) is 3. The Bertz CT molecular complexity index is 400. The SMILES string of the molecule is C[C@H]1COC(Oc2cccc(OCC3CC3)c2)C1. The Hall–Kier alpha value is -1.22. The van der Waals surface area contributed by atoms with Crippen molar-refractivity contribution in [2.24, 2.45) is 11.8 Å². The van der Waals surface area contributed by atoms with E-state index in [1.165, 1.54) is 12.8 Å². The molecule has 1 unspecified atom stereocenters. The Labute approximate surface area is 108 Å². The van der Waals surface area contributed by atoms with E-state index in [-0.39, 0.29) is 6.29 Å². The zero-order chi connectivity index (χ0) is 12.4. The van der Waals surface area contributed by atoms with Crippen molar-refractivity contribution in [3.63, 3.8) is 0 Å². The third-order valence-corrected chi connectivity index (χ3v) is 3.42. The summed E-state index contributed by atoms with van der Waals surface area (Å²) < 4.78 is 17.1. The Morgan fingerprint density at radius 3 is 2.83 bits per heavy atom. The highest BCUT2D eigenvalue weighted by molar-refractivity contribution is 5.33. The summed E-state index contributed by atoms with van der Waals surface area (Å²) >= 11 is 0. The van der Waals surface area contributed by atoms with Crippen LogP contribution in [0.2, 0.25) is 0 Å². The Morgan fingerprint density at radius 2 is 2.11 bits per heavy atom. The molecule has 0 amide bonds. The second-order valence-electron chi connectivity index (χ2n) is 5.45. The van der Waals surface area contributed by atoms with Gasteiger partial charge in [-0.05, 0) is 36.8 Å². The zero-order valence-corrected chi connectivity index (χ0v) is 10.8. The minimum atomic E-state index is -0.0984. The van der Waals surface area contributed by atoms with Gasteiger partial charge in [0.2, 0.25) is 0 Å². The van der Waals surface area contributed by atoms with Crippen molar-refractivity contribution in [3.05, 3.63) is 24.3 Å². The third kappa shape index (κ3) is 3.16. The molecule has 2 fully saturated rings. The van der Waals surface area contributed by atoms with Gasteiger partial charge in [-0.15, -0.1) is 0 Å². The summed E-state index contributed by atoms with van der Waals surface area (Å²) in [6.45, 7) is 3.81. The molecule has 0 spiro atoms. The van der Waals surface area contributed by atoms with E-state index in [9.17, 15) is 0 Å². The van der Waals surface area contributed by atoms with Crippen LogP contribution in [0.25, 0.3) is 0 Å². The molecule has 3 rings (SSSR count). The Morgan fingerprint density at radius 1 is 1.28 bits per heavy atom. The molecule has 2 atom stereocenters. The van der Waals surface area contributed by atoms with Crippen LogP contribution in [0.3, 0.4) is 0 Å². The van der Waals surface area contributed by atoms with Crippen molar-refractivity contribution >= 4 is 0 Å². The molecule has 1 aromatic carbocycles. The predicted molar refractivity (Wildman–Crippen MR) is 68.8 cm³/mol. The Kier molecular flexibility index (Phi) is 3.41. The molecule has 1 heterocycles. The van der Waals surface area contributed by atoms with Crippen molar-refractivity contribution in [3.8, 4) is 11.5 Å². The molecule has 1 saturated heterocycles. The highest BCUT2D eigenvalue weighted by atomic mass is 16.7. The van der Waals surface area contributed by atoms with Crippen LogP contribution < -0.4 is 9.47 Å². The number of hydrogen-bond donors (Lipinski definition) is 0. The highest BCUT2D eigenvalue weighted by Gasteiger charge is 2.24. The normalized spacial score (nSPS) is 27.2. The summed E-state index contributed by atoms with van der Waals surface area (Å²) in [6, 6.07) is 7.86. The molecule has 0 N–H and O–H groups in total.